The third kappa shape index (κ3) is 6.22. The molecular weight excluding hydrogens is 332 g/mol. The minimum Gasteiger partial charge on any atom is -0.444 e. The van der Waals surface area contributed by atoms with E-state index in [4.69, 9.17) is 10.5 Å². The Morgan fingerprint density at radius 2 is 2.00 bits per heavy atom. The molecule has 4 N–H and O–H groups in total. The van der Waals surface area contributed by atoms with E-state index in [0.29, 0.717) is 13.0 Å². The number of hydrogen-bond donors (Lipinski definition) is 3. The van der Waals surface area contributed by atoms with Crippen LogP contribution in [0.5, 0.6) is 0 Å². The Labute approximate surface area is 155 Å². The van der Waals surface area contributed by atoms with Crippen molar-refractivity contribution < 1.29 is 14.3 Å². The quantitative estimate of drug-likeness (QED) is 0.646. The number of nitrogens with one attached hydrogen (secondary N) is 2. The van der Waals surface area contributed by atoms with Gasteiger partial charge in [-0.3, -0.25) is 15.2 Å². The average molecular weight is 362 g/mol. The van der Waals surface area contributed by atoms with Gasteiger partial charge in [0.05, 0.1) is 11.7 Å². The normalized spacial score (nSPS) is 14.5. The fourth-order valence-electron chi connectivity index (χ4n) is 2.80. The topological polar surface area (TPSA) is 96.7 Å². The molecule has 1 atom stereocenters. The molecule has 0 bridgehead atoms. The minimum absolute atomic E-state index is 0.179. The van der Waals surface area contributed by atoms with E-state index in [1.165, 1.54) is 5.56 Å². The smallest absolute Gasteiger partial charge is 0.407 e. The van der Waals surface area contributed by atoms with Gasteiger partial charge in [-0.15, -0.1) is 0 Å². The number of amides is 2. The van der Waals surface area contributed by atoms with E-state index >= 15 is 0 Å². The number of para-hydroxylation sites is 1. The summed E-state index contributed by atoms with van der Waals surface area (Å²) < 4.78 is 5.16. The van der Waals surface area contributed by atoms with Gasteiger partial charge in [0.15, 0.2) is 0 Å². The molecule has 26 heavy (non-hydrogen) atoms. The first-order chi connectivity index (χ1) is 12.3. The molecule has 0 aromatic heterocycles. The third-order valence-corrected chi connectivity index (χ3v) is 4.08. The largest absolute Gasteiger partial charge is 0.444 e. The van der Waals surface area contributed by atoms with Crippen LogP contribution in [0.15, 0.2) is 24.3 Å². The molecule has 0 saturated heterocycles. The van der Waals surface area contributed by atoms with Gasteiger partial charge < -0.3 is 15.8 Å². The summed E-state index contributed by atoms with van der Waals surface area (Å²) in [4.78, 5) is 23.8. The standard InChI is InChI=1S/C19H30N4O3/c1-19(2,3)26-18(25)21-12-7-6-9-15(20)17(24)22-23-13-11-14-8-4-5-10-16(14)23/h4-5,8,10,15H,6-7,9,11-13,20H2,1-3H3,(H,21,25)(H,22,24)/t15-/m0/s1. The van der Waals surface area contributed by atoms with Crippen LogP contribution in [-0.4, -0.2) is 36.7 Å². The first-order valence-electron chi connectivity index (χ1n) is 9.14. The second-order valence-electron chi connectivity index (χ2n) is 7.54. The van der Waals surface area contributed by atoms with Gasteiger partial charge in [-0.25, -0.2) is 4.79 Å². The lowest BCUT2D eigenvalue weighted by molar-refractivity contribution is -0.122. The van der Waals surface area contributed by atoms with Gasteiger partial charge in [-0.2, -0.15) is 0 Å². The highest BCUT2D eigenvalue weighted by atomic mass is 16.6. The van der Waals surface area contributed by atoms with E-state index in [-0.39, 0.29) is 5.91 Å². The molecule has 0 aliphatic carbocycles. The molecule has 1 aromatic carbocycles. The number of benzene rings is 1. The van der Waals surface area contributed by atoms with Crippen molar-refractivity contribution in [2.24, 2.45) is 5.73 Å². The zero-order chi connectivity index (χ0) is 19.2. The molecule has 0 fully saturated rings. The molecule has 144 valence electrons. The maximum atomic E-state index is 12.3. The minimum atomic E-state index is -0.565. The van der Waals surface area contributed by atoms with E-state index in [0.717, 1.165) is 31.5 Å². The lowest BCUT2D eigenvalue weighted by Crippen LogP contribution is -2.49. The first-order valence-corrected chi connectivity index (χ1v) is 9.14. The Bertz CT molecular complexity index is 627. The Morgan fingerprint density at radius 1 is 1.27 bits per heavy atom. The first kappa shape index (κ1) is 20.0. The van der Waals surface area contributed by atoms with Crippen LogP contribution >= 0.6 is 0 Å². The zero-order valence-corrected chi connectivity index (χ0v) is 15.9. The van der Waals surface area contributed by atoms with Crippen LogP contribution in [0.25, 0.3) is 0 Å². The fraction of sp³-hybridized carbons (Fsp3) is 0.579. The summed E-state index contributed by atoms with van der Waals surface area (Å²) in [6.45, 7) is 6.73. The maximum Gasteiger partial charge on any atom is 0.407 e. The summed E-state index contributed by atoms with van der Waals surface area (Å²) in [5.41, 5.74) is 10.7. The molecule has 7 heteroatoms. The number of carbonyl (C=O) groups excluding carboxylic acids is 2. The van der Waals surface area contributed by atoms with Crippen molar-refractivity contribution in [1.82, 2.24) is 10.7 Å². The molecule has 1 aromatic rings. The lowest BCUT2D eigenvalue weighted by Gasteiger charge is -2.22. The van der Waals surface area contributed by atoms with Crippen LogP contribution in [0, 0.1) is 0 Å². The third-order valence-electron chi connectivity index (χ3n) is 4.08. The highest BCUT2D eigenvalue weighted by Crippen LogP contribution is 2.25. The predicted octanol–water partition coefficient (Wildman–Crippen LogP) is 2.10. The van der Waals surface area contributed by atoms with Gasteiger partial charge in [-0.05, 0) is 58.1 Å². The van der Waals surface area contributed by atoms with Crippen LogP contribution in [0.4, 0.5) is 10.5 Å². The number of ether oxygens (including phenoxy) is 1. The second kappa shape index (κ2) is 8.89. The number of anilines is 1. The van der Waals surface area contributed by atoms with Crippen LogP contribution in [0.3, 0.4) is 0 Å². The van der Waals surface area contributed by atoms with Crippen molar-refractivity contribution >= 4 is 17.7 Å². The van der Waals surface area contributed by atoms with Gasteiger partial charge in [0.2, 0.25) is 0 Å². The molecule has 7 nitrogen and oxygen atoms in total. The highest BCUT2D eigenvalue weighted by molar-refractivity contribution is 5.83. The van der Waals surface area contributed by atoms with Crippen molar-refractivity contribution in [1.29, 1.82) is 0 Å². The molecular formula is C19H30N4O3. The Kier molecular flexibility index (Phi) is 6.85. The summed E-state index contributed by atoms with van der Waals surface area (Å²) in [5.74, 6) is -0.179. The number of hydrazine groups is 1. The molecule has 1 heterocycles. The van der Waals surface area contributed by atoms with Gasteiger partial charge in [0, 0.05) is 13.1 Å². The molecule has 1 aliphatic rings. The summed E-state index contributed by atoms with van der Waals surface area (Å²) in [6, 6.07) is 7.46. The molecule has 1 aliphatic heterocycles. The van der Waals surface area contributed by atoms with Crippen molar-refractivity contribution in [2.45, 2.75) is 58.1 Å². The zero-order valence-electron chi connectivity index (χ0n) is 15.9. The number of rotatable bonds is 7. The Morgan fingerprint density at radius 3 is 2.73 bits per heavy atom. The number of fused-ring (bicyclic) bond motifs is 1. The molecule has 0 radical (unpaired) electrons. The number of nitrogens with zero attached hydrogens (tertiary/aromatic N) is 1. The van der Waals surface area contributed by atoms with Crippen molar-refractivity contribution in [3.8, 4) is 0 Å². The summed E-state index contributed by atoms with van der Waals surface area (Å²) in [7, 11) is 0. The average Bonchev–Trinajstić information content (AvgIpc) is 2.96. The van der Waals surface area contributed by atoms with Crippen molar-refractivity contribution in [3.05, 3.63) is 29.8 Å². The number of hydrogen-bond acceptors (Lipinski definition) is 5. The van der Waals surface area contributed by atoms with E-state index < -0.39 is 17.7 Å². The molecule has 0 unspecified atom stereocenters. The SMILES string of the molecule is CC(C)(C)OC(=O)NCCCC[C@H](N)C(=O)NN1CCc2ccccc21. The van der Waals surface area contributed by atoms with Gasteiger partial charge in [-0.1, -0.05) is 18.2 Å². The predicted molar refractivity (Wildman–Crippen MR) is 102 cm³/mol. The van der Waals surface area contributed by atoms with Crippen LogP contribution in [0.1, 0.15) is 45.6 Å². The highest BCUT2D eigenvalue weighted by Gasteiger charge is 2.22. The van der Waals surface area contributed by atoms with E-state index in [1.807, 2.05) is 44.0 Å². The molecule has 0 saturated carbocycles. The summed E-state index contributed by atoms with van der Waals surface area (Å²) in [5, 5.41) is 4.56. The van der Waals surface area contributed by atoms with Crippen LogP contribution < -0.4 is 21.5 Å². The summed E-state index contributed by atoms with van der Waals surface area (Å²) in [6.07, 6.45) is 2.56. The molecule has 0 spiro atoms. The van der Waals surface area contributed by atoms with Crippen LogP contribution in [0.2, 0.25) is 0 Å². The van der Waals surface area contributed by atoms with Crippen molar-refractivity contribution in [2.75, 3.05) is 18.1 Å². The Hall–Kier alpha value is -2.28. The maximum absolute atomic E-state index is 12.3. The number of nitrogens with two attached hydrogens (primary N) is 1. The Balaban J connectivity index is 1.63. The van der Waals surface area contributed by atoms with E-state index in [2.05, 4.69) is 16.8 Å². The number of alkyl carbamates (subject to hydrolysis) is 1. The number of unbranched alkanes of at least 4 members (excludes halogenated alkanes) is 1. The molecule has 2 rings (SSSR count). The molecule has 2 amide bonds. The summed E-state index contributed by atoms with van der Waals surface area (Å²) >= 11 is 0. The van der Waals surface area contributed by atoms with Gasteiger partial charge in [0.1, 0.15) is 5.60 Å². The monoisotopic (exact) mass is 362 g/mol. The second-order valence-corrected chi connectivity index (χ2v) is 7.54. The fourth-order valence-corrected chi connectivity index (χ4v) is 2.80. The number of carbonyl (C=O) groups is 2. The van der Waals surface area contributed by atoms with Gasteiger partial charge in [0.25, 0.3) is 5.91 Å². The van der Waals surface area contributed by atoms with Gasteiger partial charge >= 0.3 is 6.09 Å². The van der Waals surface area contributed by atoms with Crippen molar-refractivity contribution in [3.63, 3.8) is 0 Å². The van der Waals surface area contributed by atoms with E-state index in [9.17, 15) is 9.59 Å². The van der Waals surface area contributed by atoms with Crippen LogP contribution in [-0.2, 0) is 16.0 Å². The van der Waals surface area contributed by atoms with E-state index in [1.54, 1.807) is 0 Å². The lowest BCUT2D eigenvalue weighted by atomic mass is 10.1.